The number of hydrogen-bond acceptors (Lipinski definition) is 5. The van der Waals surface area contributed by atoms with Gasteiger partial charge in [0, 0.05) is 23.1 Å². The van der Waals surface area contributed by atoms with Crippen LogP contribution < -0.4 is 14.8 Å². The number of nitrogens with one attached hydrogen (secondary N) is 1. The smallest absolute Gasteiger partial charge is 0.187 e. The number of halogens is 1. The monoisotopic (exact) mass is 402 g/mol. The number of hydrogen-bond donors (Lipinski definition) is 1. The summed E-state index contributed by atoms with van der Waals surface area (Å²) in [7, 11) is 3.19. The molecular formula is C21H23ClN2O2S. The second-order valence-electron chi connectivity index (χ2n) is 6.64. The second-order valence-corrected chi connectivity index (χ2v) is 7.91. The minimum Gasteiger partial charge on any atom is -0.495 e. The molecule has 1 aromatic heterocycles. The first-order chi connectivity index (χ1) is 13.0. The van der Waals surface area contributed by atoms with Gasteiger partial charge >= 0.3 is 0 Å². The maximum absolute atomic E-state index is 6.17. The third-order valence-electron chi connectivity index (χ3n) is 4.11. The summed E-state index contributed by atoms with van der Waals surface area (Å²) in [6, 6.07) is 12.1. The molecule has 0 saturated carbocycles. The number of rotatable bonds is 7. The van der Waals surface area contributed by atoms with Crippen LogP contribution in [0.2, 0.25) is 5.02 Å². The molecular weight excluding hydrogens is 380 g/mol. The van der Waals surface area contributed by atoms with Gasteiger partial charge in [-0.3, -0.25) is 0 Å². The molecule has 4 nitrogen and oxygen atoms in total. The van der Waals surface area contributed by atoms with Gasteiger partial charge in [-0.25, -0.2) is 4.98 Å². The highest BCUT2D eigenvalue weighted by molar-refractivity contribution is 7.14. The summed E-state index contributed by atoms with van der Waals surface area (Å²) in [4.78, 5) is 4.70. The molecule has 0 fully saturated rings. The summed E-state index contributed by atoms with van der Waals surface area (Å²) in [5.74, 6) is 1.87. The van der Waals surface area contributed by atoms with Crippen LogP contribution in [-0.4, -0.2) is 19.2 Å². The predicted octanol–water partition coefficient (Wildman–Crippen LogP) is 6.42. The third-order valence-corrected chi connectivity index (χ3v) is 5.17. The average Bonchev–Trinajstić information content (AvgIpc) is 3.11. The van der Waals surface area contributed by atoms with Crippen LogP contribution in [0.5, 0.6) is 11.5 Å². The van der Waals surface area contributed by atoms with Crippen LogP contribution >= 0.6 is 22.9 Å². The maximum atomic E-state index is 6.17. The number of anilines is 2. The zero-order valence-corrected chi connectivity index (χ0v) is 17.4. The van der Waals surface area contributed by atoms with Crippen LogP contribution in [0.15, 0.2) is 41.8 Å². The van der Waals surface area contributed by atoms with E-state index in [-0.39, 0.29) is 0 Å². The van der Waals surface area contributed by atoms with Crippen molar-refractivity contribution in [2.24, 2.45) is 5.92 Å². The van der Waals surface area contributed by atoms with Gasteiger partial charge in [-0.15, -0.1) is 11.3 Å². The molecule has 0 spiro atoms. The third kappa shape index (κ3) is 4.73. The molecule has 0 aliphatic rings. The molecule has 142 valence electrons. The van der Waals surface area contributed by atoms with E-state index in [9.17, 15) is 0 Å². The molecule has 0 aliphatic heterocycles. The van der Waals surface area contributed by atoms with Gasteiger partial charge in [-0.2, -0.15) is 0 Å². The van der Waals surface area contributed by atoms with E-state index in [4.69, 9.17) is 26.1 Å². The highest BCUT2D eigenvalue weighted by atomic mass is 35.5. The van der Waals surface area contributed by atoms with Crippen molar-refractivity contribution in [3.8, 4) is 22.8 Å². The highest BCUT2D eigenvalue weighted by Crippen LogP contribution is 2.38. The second kappa shape index (κ2) is 8.63. The van der Waals surface area contributed by atoms with E-state index in [1.807, 2.05) is 11.4 Å². The van der Waals surface area contributed by atoms with Crippen LogP contribution in [0.4, 0.5) is 10.8 Å². The summed E-state index contributed by atoms with van der Waals surface area (Å²) in [6.45, 7) is 4.46. The Kier molecular flexibility index (Phi) is 6.24. The molecule has 1 heterocycles. The molecule has 0 saturated heterocycles. The Hall–Kier alpha value is -2.24. The van der Waals surface area contributed by atoms with Crippen molar-refractivity contribution in [1.29, 1.82) is 0 Å². The topological polar surface area (TPSA) is 43.4 Å². The lowest BCUT2D eigenvalue weighted by atomic mass is 10.0. The Morgan fingerprint density at radius 3 is 2.41 bits per heavy atom. The SMILES string of the molecule is COc1cc(Nc2nc(-c3ccc(CC(C)C)cc3)cs2)c(OC)cc1Cl. The highest BCUT2D eigenvalue weighted by Gasteiger charge is 2.12. The normalized spacial score (nSPS) is 10.9. The first-order valence-corrected chi connectivity index (χ1v) is 9.99. The maximum Gasteiger partial charge on any atom is 0.187 e. The molecule has 0 bridgehead atoms. The molecule has 6 heteroatoms. The van der Waals surface area contributed by atoms with Crippen molar-refractivity contribution in [2.75, 3.05) is 19.5 Å². The number of methoxy groups -OCH3 is 2. The molecule has 1 N–H and O–H groups in total. The van der Waals surface area contributed by atoms with Crippen LogP contribution in [-0.2, 0) is 6.42 Å². The zero-order valence-electron chi connectivity index (χ0n) is 15.9. The number of thiazole rings is 1. The fraction of sp³-hybridized carbons (Fsp3) is 0.286. The summed E-state index contributed by atoms with van der Waals surface area (Å²) < 4.78 is 10.7. The largest absolute Gasteiger partial charge is 0.495 e. The van der Waals surface area contributed by atoms with E-state index in [0.29, 0.717) is 22.4 Å². The Labute approximate surface area is 169 Å². The lowest BCUT2D eigenvalue weighted by Gasteiger charge is -2.12. The Morgan fingerprint density at radius 2 is 1.78 bits per heavy atom. The van der Waals surface area contributed by atoms with Crippen LogP contribution in [0.3, 0.4) is 0 Å². The van der Waals surface area contributed by atoms with Crippen molar-refractivity contribution >= 4 is 33.8 Å². The fourth-order valence-electron chi connectivity index (χ4n) is 2.82. The first-order valence-electron chi connectivity index (χ1n) is 8.73. The molecule has 0 atom stereocenters. The number of benzene rings is 2. The predicted molar refractivity (Wildman–Crippen MR) is 114 cm³/mol. The van der Waals surface area contributed by atoms with Crippen LogP contribution in [0, 0.1) is 5.92 Å². The van der Waals surface area contributed by atoms with Crippen molar-refractivity contribution in [3.05, 3.63) is 52.4 Å². The van der Waals surface area contributed by atoms with Gasteiger partial charge in [0.25, 0.3) is 0 Å². The van der Waals surface area contributed by atoms with E-state index >= 15 is 0 Å². The molecule has 3 aromatic rings. The molecule has 2 aromatic carbocycles. The van der Waals surface area contributed by atoms with E-state index < -0.39 is 0 Å². The molecule has 0 unspecified atom stereocenters. The van der Waals surface area contributed by atoms with Gasteiger partial charge in [0.15, 0.2) is 5.13 Å². The number of aromatic nitrogens is 1. The van der Waals surface area contributed by atoms with Crippen molar-refractivity contribution < 1.29 is 9.47 Å². The molecule has 27 heavy (non-hydrogen) atoms. The number of nitrogens with zero attached hydrogens (tertiary/aromatic N) is 1. The minimum absolute atomic E-state index is 0.501. The van der Waals surface area contributed by atoms with E-state index in [1.165, 1.54) is 16.9 Å². The summed E-state index contributed by atoms with van der Waals surface area (Å²) in [5.41, 5.74) is 4.15. The average molecular weight is 403 g/mol. The standard InChI is InChI=1S/C21H23ClN2O2S/c1-13(2)9-14-5-7-15(8-6-14)18-12-27-21(24-18)23-17-11-19(25-3)16(22)10-20(17)26-4/h5-8,10-13H,9H2,1-4H3,(H,23,24). The van der Waals surface area contributed by atoms with Crippen molar-refractivity contribution in [1.82, 2.24) is 4.98 Å². The van der Waals surface area contributed by atoms with E-state index in [0.717, 1.165) is 28.5 Å². The zero-order chi connectivity index (χ0) is 19.4. The first kappa shape index (κ1) is 19.5. The van der Waals surface area contributed by atoms with Crippen LogP contribution in [0.25, 0.3) is 11.3 Å². The van der Waals surface area contributed by atoms with Gasteiger partial charge in [-0.05, 0) is 17.9 Å². The van der Waals surface area contributed by atoms with E-state index in [2.05, 4.69) is 43.4 Å². The Balaban J connectivity index is 1.80. The molecule has 0 radical (unpaired) electrons. The van der Waals surface area contributed by atoms with Gasteiger partial charge in [0.05, 0.1) is 30.6 Å². The Morgan fingerprint density at radius 1 is 1.07 bits per heavy atom. The van der Waals surface area contributed by atoms with Gasteiger partial charge in [0.1, 0.15) is 11.5 Å². The molecule has 3 rings (SSSR count). The van der Waals surface area contributed by atoms with Gasteiger partial charge in [0.2, 0.25) is 0 Å². The number of ether oxygens (including phenoxy) is 2. The fourth-order valence-corrected chi connectivity index (χ4v) is 3.78. The summed E-state index contributed by atoms with van der Waals surface area (Å²) in [5, 5.41) is 6.62. The molecule has 0 aliphatic carbocycles. The van der Waals surface area contributed by atoms with Gasteiger partial charge < -0.3 is 14.8 Å². The molecule has 0 amide bonds. The lowest BCUT2D eigenvalue weighted by molar-refractivity contribution is 0.405. The van der Waals surface area contributed by atoms with Crippen molar-refractivity contribution in [3.63, 3.8) is 0 Å². The summed E-state index contributed by atoms with van der Waals surface area (Å²) in [6.07, 6.45) is 1.09. The lowest BCUT2D eigenvalue weighted by Crippen LogP contribution is -1.96. The Bertz CT molecular complexity index is 907. The van der Waals surface area contributed by atoms with E-state index in [1.54, 1.807) is 20.3 Å². The summed E-state index contributed by atoms with van der Waals surface area (Å²) >= 11 is 7.71. The quantitative estimate of drug-likeness (QED) is 0.495. The van der Waals surface area contributed by atoms with Crippen LogP contribution in [0.1, 0.15) is 19.4 Å². The van der Waals surface area contributed by atoms with Crippen molar-refractivity contribution in [2.45, 2.75) is 20.3 Å². The van der Waals surface area contributed by atoms with Gasteiger partial charge in [-0.1, -0.05) is 49.7 Å². The minimum atomic E-state index is 0.501.